The first-order chi connectivity index (χ1) is 13.4. The van der Waals surface area contributed by atoms with Crippen molar-refractivity contribution in [2.75, 3.05) is 11.6 Å². The average molecular weight is 441 g/mol. The van der Waals surface area contributed by atoms with Crippen LogP contribution in [0.15, 0.2) is 53.4 Å². The molecule has 0 unspecified atom stereocenters. The highest BCUT2D eigenvalue weighted by atomic mass is 32.2. The van der Waals surface area contributed by atoms with Crippen LogP contribution in [0.1, 0.15) is 26.3 Å². The van der Waals surface area contributed by atoms with E-state index < -0.39 is 20.1 Å². The van der Waals surface area contributed by atoms with Crippen molar-refractivity contribution in [3.8, 4) is 5.75 Å². The van der Waals surface area contributed by atoms with E-state index in [0.29, 0.717) is 11.3 Å². The first kappa shape index (κ1) is 22.9. The van der Waals surface area contributed by atoms with E-state index in [1.807, 2.05) is 0 Å². The molecule has 10 heteroatoms. The predicted molar refractivity (Wildman–Crippen MR) is 111 cm³/mol. The Hall–Kier alpha value is -2.43. The third kappa shape index (κ3) is 6.55. The monoisotopic (exact) mass is 440 g/mol. The lowest BCUT2D eigenvalue weighted by Crippen LogP contribution is -2.36. The number of hydrogen-bond donors (Lipinski definition) is 1. The van der Waals surface area contributed by atoms with Gasteiger partial charge in [-0.2, -0.15) is 12.7 Å². The molecule has 1 N–H and O–H groups in total. The first-order valence-electron chi connectivity index (χ1n) is 8.76. The number of hydrogen-bond acceptors (Lipinski definition) is 6. The van der Waals surface area contributed by atoms with Crippen molar-refractivity contribution in [1.29, 1.82) is 0 Å². The minimum Gasteiger partial charge on any atom is -0.383 e. The zero-order valence-corrected chi connectivity index (χ0v) is 18.2. The van der Waals surface area contributed by atoms with Gasteiger partial charge >= 0.3 is 10.1 Å². The summed E-state index contributed by atoms with van der Waals surface area (Å²) in [5, 5.41) is 2.59. The van der Waals surface area contributed by atoms with Crippen LogP contribution >= 0.6 is 0 Å². The highest BCUT2D eigenvalue weighted by Gasteiger charge is 2.27. The molecule has 0 saturated carbocycles. The number of sulfonamides is 1. The summed E-state index contributed by atoms with van der Waals surface area (Å²) in [6.07, 6.45) is 0.950. The Balaban J connectivity index is 2.25. The summed E-state index contributed by atoms with van der Waals surface area (Å²) in [6.45, 7) is 5.01. The van der Waals surface area contributed by atoms with Crippen LogP contribution in [-0.2, 0) is 31.5 Å². The predicted octanol–water partition coefficient (Wildman–Crippen LogP) is 2.58. The maximum atomic E-state index is 13.1. The zero-order valence-electron chi connectivity index (χ0n) is 16.6. The largest absolute Gasteiger partial charge is 0.383 e. The number of benzene rings is 2. The topological polar surface area (TPSA) is 110 Å². The summed E-state index contributed by atoms with van der Waals surface area (Å²) in [4.78, 5) is 11.2. The molecule has 29 heavy (non-hydrogen) atoms. The number of carbonyl (C=O) groups excluding carboxylic acids is 1. The Morgan fingerprint density at radius 1 is 1.00 bits per heavy atom. The normalized spacial score (nSPS) is 12.2. The second-order valence-corrected chi connectivity index (χ2v) is 10.2. The second-order valence-electron chi connectivity index (χ2n) is 6.78. The van der Waals surface area contributed by atoms with Gasteiger partial charge in [0.05, 0.1) is 11.2 Å². The van der Waals surface area contributed by atoms with Gasteiger partial charge < -0.3 is 9.50 Å². The summed E-state index contributed by atoms with van der Waals surface area (Å²) in [5.74, 6) is -0.0866. The molecule has 8 nitrogen and oxygen atoms in total. The average Bonchev–Trinajstić information content (AvgIpc) is 2.59. The first-order valence-corrected chi connectivity index (χ1v) is 12.0. The van der Waals surface area contributed by atoms with Gasteiger partial charge in [0.25, 0.3) is 0 Å². The highest BCUT2D eigenvalue weighted by molar-refractivity contribution is 7.89. The molecule has 2 aromatic carbocycles. The molecule has 0 aliphatic heterocycles. The lowest BCUT2D eigenvalue weighted by molar-refractivity contribution is -0.114. The minimum absolute atomic E-state index is 0.104. The van der Waals surface area contributed by atoms with Crippen LogP contribution in [0.25, 0.3) is 0 Å². The van der Waals surface area contributed by atoms with E-state index in [2.05, 4.69) is 5.32 Å². The van der Waals surface area contributed by atoms with E-state index in [0.717, 1.165) is 6.26 Å². The van der Waals surface area contributed by atoms with Crippen LogP contribution in [0.3, 0.4) is 0 Å². The van der Waals surface area contributed by atoms with E-state index in [4.69, 9.17) is 4.18 Å². The van der Waals surface area contributed by atoms with E-state index in [9.17, 15) is 21.6 Å². The van der Waals surface area contributed by atoms with Crippen LogP contribution in [0.2, 0.25) is 0 Å². The molecule has 0 atom stereocenters. The summed E-state index contributed by atoms with van der Waals surface area (Å²) >= 11 is 0. The molecule has 0 spiro atoms. The highest BCUT2D eigenvalue weighted by Crippen LogP contribution is 2.23. The fourth-order valence-electron chi connectivity index (χ4n) is 2.60. The van der Waals surface area contributed by atoms with Gasteiger partial charge in [0, 0.05) is 25.2 Å². The summed E-state index contributed by atoms with van der Waals surface area (Å²) in [7, 11) is -7.42. The maximum Gasteiger partial charge on any atom is 0.306 e. The number of nitrogens with zero attached hydrogens (tertiary/aromatic N) is 1. The zero-order chi connectivity index (χ0) is 21.8. The van der Waals surface area contributed by atoms with Crippen molar-refractivity contribution in [3.05, 3.63) is 54.1 Å². The number of carbonyl (C=O) groups is 1. The molecule has 0 saturated heterocycles. The van der Waals surface area contributed by atoms with E-state index >= 15 is 0 Å². The van der Waals surface area contributed by atoms with Gasteiger partial charge in [-0.25, -0.2) is 8.42 Å². The van der Waals surface area contributed by atoms with E-state index in [-0.39, 0.29) is 29.1 Å². The molecule has 2 aromatic rings. The van der Waals surface area contributed by atoms with Gasteiger partial charge in [0.1, 0.15) is 5.75 Å². The summed E-state index contributed by atoms with van der Waals surface area (Å²) < 4.78 is 54.7. The third-order valence-electron chi connectivity index (χ3n) is 3.87. The number of rotatable bonds is 8. The van der Waals surface area contributed by atoms with Crippen molar-refractivity contribution >= 4 is 31.7 Å². The molecule has 0 radical (unpaired) electrons. The van der Waals surface area contributed by atoms with Crippen LogP contribution in [0.5, 0.6) is 5.75 Å². The molecular formula is C19H24N2O6S2. The van der Waals surface area contributed by atoms with Gasteiger partial charge in [0.15, 0.2) is 0 Å². The quantitative estimate of drug-likeness (QED) is 0.632. The Morgan fingerprint density at radius 3 is 2.00 bits per heavy atom. The van der Waals surface area contributed by atoms with Gasteiger partial charge in [-0.05, 0) is 55.8 Å². The number of anilines is 1. The molecule has 1 amide bonds. The molecule has 158 valence electrons. The Labute approximate surface area is 171 Å². The maximum absolute atomic E-state index is 13.1. The van der Waals surface area contributed by atoms with E-state index in [1.54, 1.807) is 26.0 Å². The Kier molecular flexibility index (Phi) is 7.04. The van der Waals surface area contributed by atoms with Crippen molar-refractivity contribution in [2.24, 2.45) is 0 Å². The molecule has 0 fully saturated rings. The van der Waals surface area contributed by atoms with E-state index in [1.165, 1.54) is 47.6 Å². The SMILES string of the molecule is CC(=O)Nc1ccc(S(=O)(=O)N(Cc2ccc(OS(C)(=O)=O)cc2)C(C)C)cc1. The lowest BCUT2D eigenvalue weighted by atomic mass is 10.2. The smallest absolute Gasteiger partial charge is 0.306 e. The van der Waals surface area contributed by atoms with Crippen molar-refractivity contribution in [1.82, 2.24) is 4.31 Å². The van der Waals surface area contributed by atoms with Crippen molar-refractivity contribution < 1.29 is 25.8 Å². The third-order valence-corrected chi connectivity index (χ3v) is 6.40. The second kappa shape index (κ2) is 8.93. The number of nitrogens with one attached hydrogen (secondary N) is 1. The van der Waals surface area contributed by atoms with Gasteiger partial charge in [-0.15, -0.1) is 0 Å². The van der Waals surface area contributed by atoms with Crippen LogP contribution in [0, 0.1) is 0 Å². The fourth-order valence-corrected chi connectivity index (χ4v) is 4.68. The molecular weight excluding hydrogens is 416 g/mol. The van der Waals surface area contributed by atoms with Crippen LogP contribution in [0.4, 0.5) is 5.69 Å². The molecule has 0 heterocycles. The summed E-state index contributed by atoms with van der Waals surface area (Å²) in [6, 6.07) is 11.8. The number of amides is 1. The van der Waals surface area contributed by atoms with Gasteiger partial charge in [-0.3, -0.25) is 4.79 Å². The van der Waals surface area contributed by atoms with Crippen LogP contribution in [-0.4, -0.2) is 39.3 Å². The van der Waals surface area contributed by atoms with Crippen molar-refractivity contribution in [2.45, 2.75) is 38.3 Å². The minimum atomic E-state index is -3.79. The Bertz CT molecular complexity index is 1060. The van der Waals surface area contributed by atoms with Crippen molar-refractivity contribution in [3.63, 3.8) is 0 Å². The lowest BCUT2D eigenvalue weighted by Gasteiger charge is -2.26. The van der Waals surface area contributed by atoms with Gasteiger partial charge in [-0.1, -0.05) is 12.1 Å². The van der Waals surface area contributed by atoms with Gasteiger partial charge in [0.2, 0.25) is 15.9 Å². The van der Waals surface area contributed by atoms with Crippen LogP contribution < -0.4 is 9.50 Å². The fraction of sp³-hybridized carbons (Fsp3) is 0.316. The molecule has 0 bridgehead atoms. The molecule has 0 aromatic heterocycles. The molecule has 0 aliphatic carbocycles. The molecule has 2 rings (SSSR count). The Morgan fingerprint density at radius 2 is 1.55 bits per heavy atom. The standard InChI is InChI=1S/C19H24N2O6S2/c1-14(2)21(13-16-5-9-18(10-6-16)27-28(4,23)24)29(25,26)19-11-7-17(8-12-19)20-15(3)22/h5-12,14H,13H2,1-4H3,(H,20,22). The molecule has 0 aliphatic rings. The summed E-state index contributed by atoms with van der Waals surface area (Å²) in [5.41, 5.74) is 1.19.